The number of benzene rings is 1. The first kappa shape index (κ1) is 13.9. The largest absolute Gasteiger partial charge is 0.496 e. The molecule has 1 aliphatic rings. The van der Waals surface area contributed by atoms with Gasteiger partial charge in [0.1, 0.15) is 5.75 Å². The molecule has 94 valence electrons. The summed E-state index contributed by atoms with van der Waals surface area (Å²) in [5.74, 6) is 1.61. The van der Waals surface area contributed by atoms with E-state index < -0.39 is 0 Å². The molecule has 1 aromatic carbocycles. The maximum atomic E-state index is 5.42. The molecule has 0 fully saturated rings. The molecule has 2 unspecified atom stereocenters. The van der Waals surface area contributed by atoms with Crippen molar-refractivity contribution in [2.24, 2.45) is 0 Å². The smallest absolute Gasteiger partial charge is 0.132 e. The maximum absolute atomic E-state index is 5.42. The second-order valence-corrected chi connectivity index (χ2v) is 7.55. The van der Waals surface area contributed by atoms with Crippen LogP contribution in [0.5, 0.6) is 5.75 Å². The number of fused-ring (bicyclic) bond motifs is 1. The minimum atomic E-state index is 0.604. The van der Waals surface area contributed by atoms with Gasteiger partial charge < -0.3 is 10.1 Å². The van der Waals surface area contributed by atoms with Gasteiger partial charge >= 0.3 is 0 Å². The molecule has 4 heteroatoms. The molecule has 1 heterocycles. The Balaban J connectivity index is 2.47. The van der Waals surface area contributed by atoms with E-state index in [2.05, 4.69) is 69.6 Å². The Morgan fingerprint density at radius 1 is 1.47 bits per heavy atom. The van der Waals surface area contributed by atoms with E-state index in [0.29, 0.717) is 9.84 Å². The Bertz CT molecular complexity index is 407. The van der Waals surface area contributed by atoms with Crippen molar-refractivity contribution >= 4 is 45.2 Å². The lowest BCUT2D eigenvalue weighted by Gasteiger charge is -2.21. The molecule has 0 bridgehead atoms. The van der Waals surface area contributed by atoms with Gasteiger partial charge in [-0.1, -0.05) is 29.5 Å². The van der Waals surface area contributed by atoms with Crippen LogP contribution in [-0.2, 0) is 6.42 Å². The fraction of sp³-hybridized carbons (Fsp3) is 0.538. The zero-order chi connectivity index (χ0) is 12.4. The molecule has 0 saturated heterocycles. The molecule has 0 radical (unpaired) electrons. The molecule has 1 aromatic rings. The third-order valence-electron chi connectivity index (χ3n) is 3.30. The van der Waals surface area contributed by atoms with E-state index >= 15 is 0 Å². The van der Waals surface area contributed by atoms with Crippen molar-refractivity contribution in [1.82, 2.24) is 5.32 Å². The third-order valence-corrected chi connectivity index (χ3v) is 5.01. The van der Waals surface area contributed by atoms with Crippen molar-refractivity contribution in [3.8, 4) is 5.75 Å². The van der Waals surface area contributed by atoms with Gasteiger partial charge in [0.2, 0.25) is 0 Å². The van der Waals surface area contributed by atoms with Crippen molar-refractivity contribution < 1.29 is 4.74 Å². The molecule has 2 nitrogen and oxygen atoms in total. The van der Waals surface area contributed by atoms with Gasteiger partial charge in [0.25, 0.3) is 0 Å². The first-order valence-electron chi connectivity index (χ1n) is 5.84. The van der Waals surface area contributed by atoms with Gasteiger partial charge in [-0.25, -0.2) is 0 Å². The summed E-state index contributed by atoms with van der Waals surface area (Å²) < 4.78 is 7.27. The standard InChI is InChI=1S/C13H17I2NO/c1-8(14)11-7-16-4-3-9-5-13(17-2)12(15)6-10(9)11/h5-6,8,11,16H,3-4,7H2,1-2H3. The highest BCUT2D eigenvalue weighted by molar-refractivity contribution is 14.1. The summed E-state index contributed by atoms with van der Waals surface area (Å²) in [4.78, 5) is 0. The number of hydrogen-bond donors (Lipinski definition) is 1. The lowest BCUT2D eigenvalue weighted by Crippen LogP contribution is -2.24. The van der Waals surface area contributed by atoms with E-state index in [1.165, 1.54) is 14.7 Å². The first-order valence-corrected chi connectivity index (χ1v) is 8.17. The molecular formula is C13H17I2NO. The maximum Gasteiger partial charge on any atom is 0.132 e. The highest BCUT2D eigenvalue weighted by atomic mass is 127. The van der Waals surface area contributed by atoms with Crippen LogP contribution in [0.4, 0.5) is 0 Å². The number of methoxy groups -OCH3 is 1. The highest BCUT2D eigenvalue weighted by Crippen LogP contribution is 2.34. The molecule has 2 atom stereocenters. The zero-order valence-electron chi connectivity index (χ0n) is 10.1. The normalized spacial score (nSPS) is 21.5. The number of halogens is 2. The zero-order valence-corrected chi connectivity index (χ0v) is 14.4. The van der Waals surface area contributed by atoms with E-state index in [9.17, 15) is 0 Å². The quantitative estimate of drug-likeness (QED) is 0.544. The molecule has 2 rings (SSSR count). The number of hydrogen-bond acceptors (Lipinski definition) is 2. The third kappa shape index (κ3) is 3.07. The average molecular weight is 457 g/mol. The van der Waals surface area contributed by atoms with Crippen LogP contribution in [0.1, 0.15) is 24.0 Å². The van der Waals surface area contributed by atoms with Crippen LogP contribution >= 0.6 is 45.2 Å². The number of nitrogens with one attached hydrogen (secondary N) is 1. The summed E-state index contributed by atoms with van der Waals surface area (Å²) in [5, 5.41) is 3.53. The van der Waals surface area contributed by atoms with E-state index in [1.54, 1.807) is 7.11 Å². The average Bonchev–Trinajstić information content (AvgIpc) is 2.49. The lowest BCUT2D eigenvalue weighted by atomic mass is 9.92. The van der Waals surface area contributed by atoms with Crippen LogP contribution in [0.3, 0.4) is 0 Å². The predicted octanol–water partition coefficient (Wildman–Crippen LogP) is 3.35. The second-order valence-electron chi connectivity index (χ2n) is 4.42. The Labute approximate surface area is 130 Å². The topological polar surface area (TPSA) is 21.3 Å². The predicted molar refractivity (Wildman–Crippen MR) is 88.5 cm³/mol. The van der Waals surface area contributed by atoms with Gasteiger partial charge in [-0.15, -0.1) is 0 Å². The number of alkyl halides is 1. The van der Waals surface area contributed by atoms with Crippen LogP contribution in [0, 0.1) is 3.57 Å². The van der Waals surface area contributed by atoms with E-state index in [4.69, 9.17) is 4.74 Å². The molecule has 0 aliphatic carbocycles. The fourth-order valence-corrected chi connectivity index (χ4v) is 3.68. The molecular weight excluding hydrogens is 440 g/mol. The van der Waals surface area contributed by atoms with Crippen molar-refractivity contribution in [3.05, 3.63) is 26.8 Å². The van der Waals surface area contributed by atoms with E-state index in [-0.39, 0.29) is 0 Å². The van der Waals surface area contributed by atoms with Crippen LogP contribution < -0.4 is 10.1 Å². The minimum Gasteiger partial charge on any atom is -0.496 e. The van der Waals surface area contributed by atoms with Gasteiger partial charge in [-0.05, 0) is 58.8 Å². The second kappa shape index (κ2) is 6.06. The van der Waals surface area contributed by atoms with Crippen LogP contribution in [0.15, 0.2) is 12.1 Å². The summed E-state index contributed by atoms with van der Waals surface area (Å²) in [6.45, 7) is 4.44. The highest BCUT2D eigenvalue weighted by Gasteiger charge is 2.23. The summed E-state index contributed by atoms with van der Waals surface area (Å²) in [6.07, 6.45) is 1.10. The molecule has 1 N–H and O–H groups in total. The van der Waals surface area contributed by atoms with Crippen molar-refractivity contribution in [2.45, 2.75) is 23.2 Å². The Hall–Kier alpha value is 0.440. The molecule has 0 amide bonds. The van der Waals surface area contributed by atoms with Gasteiger partial charge in [0.05, 0.1) is 10.7 Å². The van der Waals surface area contributed by atoms with Crippen LogP contribution in [0.2, 0.25) is 0 Å². The van der Waals surface area contributed by atoms with Gasteiger partial charge in [-0.3, -0.25) is 0 Å². The molecule has 17 heavy (non-hydrogen) atoms. The minimum absolute atomic E-state index is 0.604. The monoisotopic (exact) mass is 457 g/mol. The summed E-state index contributed by atoms with van der Waals surface area (Å²) in [5.41, 5.74) is 2.95. The van der Waals surface area contributed by atoms with E-state index in [0.717, 1.165) is 25.3 Å². The Morgan fingerprint density at radius 3 is 2.88 bits per heavy atom. The van der Waals surface area contributed by atoms with Crippen LogP contribution in [-0.4, -0.2) is 24.1 Å². The van der Waals surface area contributed by atoms with Gasteiger partial charge in [0, 0.05) is 16.4 Å². The molecule has 0 saturated carbocycles. The van der Waals surface area contributed by atoms with Gasteiger partial charge in [-0.2, -0.15) is 0 Å². The number of rotatable bonds is 2. The fourth-order valence-electron chi connectivity index (χ4n) is 2.33. The van der Waals surface area contributed by atoms with Gasteiger partial charge in [0.15, 0.2) is 0 Å². The number of ether oxygens (including phenoxy) is 1. The van der Waals surface area contributed by atoms with Crippen molar-refractivity contribution in [2.75, 3.05) is 20.2 Å². The summed E-state index contributed by atoms with van der Waals surface area (Å²) in [6, 6.07) is 4.53. The lowest BCUT2D eigenvalue weighted by molar-refractivity contribution is 0.411. The van der Waals surface area contributed by atoms with E-state index in [1.807, 2.05) is 0 Å². The van der Waals surface area contributed by atoms with Crippen molar-refractivity contribution in [3.63, 3.8) is 0 Å². The first-order chi connectivity index (χ1) is 8.13. The summed E-state index contributed by atoms with van der Waals surface area (Å²) in [7, 11) is 1.75. The molecule has 0 spiro atoms. The van der Waals surface area contributed by atoms with Crippen molar-refractivity contribution in [1.29, 1.82) is 0 Å². The Kier molecular flexibility index (Phi) is 4.94. The SMILES string of the molecule is COc1cc2c(cc1I)C(C(C)I)CNCC2. The van der Waals surface area contributed by atoms with Crippen LogP contribution in [0.25, 0.3) is 0 Å². The summed E-state index contributed by atoms with van der Waals surface area (Å²) >= 11 is 4.90. The molecule has 0 aromatic heterocycles. The molecule has 1 aliphatic heterocycles. The Morgan fingerprint density at radius 2 is 2.24 bits per heavy atom.